The standard InChI is InChI=1S/C22H26N4O/c1-6-25-17(4)12-20(18(25)5)14-23-24-22(27)19-8-7-9-21(13-19)26-15(2)10-11-16(26)3/h7-14H,6H2,1-5H3,(H,24,27)/b23-14-. The summed E-state index contributed by atoms with van der Waals surface area (Å²) in [6.45, 7) is 11.3. The summed E-state index contributed by atoms with van der Waals surface area (Å²) in [5.74, 6) is -0.222. The number of carbonyl (C=O) groups is 1. The predicted octanol–water partition coefficient (Wildman–Crippen LogP) is 4.30. The second kappa shape index (κ2) is 7.66. The molecule has 1 amide bonds. The summed E-state index contributed by atoms with van der Waals surface area (Å²) in [5, 5.41) is 4.15. The minimum atomic E-state index is -0.222. The van der Waals surface area contributed by atoms with Gasteiger partial charge in [0.15, 0.2) is 0 Å². The van der Waals surface area contributed by atoms with Gasteiger partial charge >= 0.3 is 0 Å². The van der Waals surface area contributed by atoms with Gasteiger partial charge in [0, 0.05) is 46.1 Å². The van der Waals surface area contributed by atoms with Gasteiger partial charge in [-0.3, -0.25) is 4.79 Å². The van der Waals surface area contributed by atoms with Gasteiger partial charge in [0.1, 0.15) is 0 Å². The van der Waals surface area contributed by atoms with E-state index in [-0.39, 0.29) is 5.91 Å². The highest BCUT2D eigenvalue weighted by atomic mass is 16.2. The zero-order chi connectivity index (χ0) is 19.6. The smallest absolute Gasteiger partial charge is 0.271 e. The SMILES string of the molecule is CCn1c(C)cc(/C=N\NC(=O)c2cccc(-n3c(C)ccc3C)c2)c1C. The van der Waals surface area contributed by atoms with E-state index in [4.69, 9.17) is 0 Å². The molecule has 3 aromatic rings. The third-order valence-electron chi connectivity index (χ3n) is 4.94. The third-order valence-corrected chi connectivity index (χ3v) is 4.94. The fraction of sp³-hybridized carbons (Fsp3) is 0.273. The molecule has 0 atom stereocenters. The summed E-state index contributed by atoms with van der Waals surface area (Å²) in [7, 11) is 0. The number of aryl methyl sites for hydroxylation is 3. The number of hydrogen-bond donors (Lipinski definition) is 1. The van der Waals surface area contributed by atoms with Gasteiger partial charge in [0.2, 0.25) is 0 Å². The van der Waals surface area contributed by atoms with E-state index >= 15 is 0 Å². The molecule has 2 heterocycles. The van der Waals surface area contributed by atoms with E-state index in [0.717, 1.165) is 34.9 Å². The molecule has 0 saturated heterocycles. The van der Waals surface area contributed by atoms with Gasteiger partial charge in [-0.05, 0) is 71.0 Å². The quantitative estimate of drug-likeness (QED) is 0.534. The number of nitrogens with zero attached hydrogens (tertiary/aromatic N) is 3. The van der Waals surface area contributed by atoms with E-state index in [0.29, 0.717) is 5.56 Å². The van der Waals surface area contributed by atoms with Crippen molar-refractivity contribution in [2.75, 3.05) is 0 Å². The highest BCUT2D eigenvalue weighted by Crippen LogP contribution is 2.17. The Morgan fingerprint density at radius 1 is 1.04 bits per heavy atom. The number of hydrogen-bond acceptors (Lipinski definition) is 2. The Balaban J connectivity index is 1.77. The zero-order valence-electron chi connectivity index (χ0n) is 16.6. The van der Waals surface area contributed by atoms with Gasteiger partial charge in [-0.1, -0.05) is 6.07 Å². The first-order valence-electron chi connectivity index (χ1n) is 9.18. The lowest BCUT2D eigenvalue weighted by Gasteiger charge is -2.10. The summed E-state index contributed by atoms with van der Waals surface area (Å²) in [6, 6.07) is 13.8. The number of nitrogens with one attached hydrogen (secondary N) is 1. The average Bonchev–Trinajstić information content (AvgIpc) is 3.13. The van der Waals surface area contributed by atoms with Gasteiger partial charge < -0.3 is 9.13 Å². The maximum Gasteiger partial charge on any atom is 0.271 e. The van der Waals surface area contributed by atoms with Crippen LogP contribution in [-0.2, 0) is 6.54 Å². The summed E-state index contributed by atoms with van der Waals surface area (Å²) in [6.07, 6.45) is 1.70. The number of hydrazone groups is 1. The van der Waals surface area contributed by atoms with Gasteiger partial charge in [0.25, 0.3) is 5.91 Å². The molecule has 0 radical (unpaired) electrons. The first-order valence-corrected chi connectivity index (χ1v) is 9.18. The molecule has 2 aromatic heterocycles. The molecule has 5 nitrogen and oxygen atoms in total. The molecule has 0 saturated carbocycles. The Labute approximate surface area is 160 Å². The largest absolute Gasteiger partial charge is 0.349 e. The summed E-state index contributed by atoms with van der Waals surface area (Å²) < 4.78 is 4.34. The van der Waals surface area contributed by atoms with Crippen molar-refractivity contribution in [1.29, 1.82) is 0 Å². The molecule has 0 aliphatic carbocycles. The van der Waals surface area contributed by atoms with E-state index in [1.54, 1.807) is 12.3 Å². The molecular weight excluding hydrogens is 336 g/mol. The normalized spacial score (nSPS) is 11.3. The van der Waals surface area contributed by atoms with Crippen molar-refractivity contribution < 1.29 is 4.79 Å². The van der Waals surface area contributed by atoms with E-state index in [1.165, 1.54) is 5.69 Å². The van der Waals surface area contributed by atoms with Crippen molar-refractivity contribution in [1.82, 2.24) is 14.6 Å². The maximum absolute atomic E-state index is 12.5. The van der Waals surface area contributed by atoms with Crippen molar-refractivity contribution in [3.05, 3.63) is 76.4 Å². The number of rotatable bonds is 5. The van der Waals surface area contributed by atoms with Crippen molar-refractivity contribution in [2.45, 2.75) is 41.2 Å². The molecular formula is C22H26N4O. The minimum absolute atomic E-state index is 0.222. The number of carbonyl (C=O) groups excluding carboxylic acids is 1. The van der Waals surface area contributed by atoms with Crippen LogP contribution in [0.3, 0.4) is 0 Å². The lowest BCUT2D eigenvalue weighted by Crippen LogP contribution is -2.18. The van der Waals surface area contributed by atoms with Gasteiger partial charge in [-0.15, -0.1) is 0 Å². The molecule has 0 fully saturated rings. The number of amides is 1. The first-order chi connectivity index (χ1) is 12.9. The van der Waals surface area contributed by atoms with E-state index in [9.17, 15) is 4.79 Å². The molecule has 0 aliphatic rings. The van der Waals surface area contributed by atoms with E-state index in [1.807, 2.05) is 18.2 Å². The molecule has 5 heteroatoms. The van der Waals surface area contributed by atoms with Crippen LogP contribution in [-0.4, -0.2) is 21.3 Å². The summed E-state index contributed by atoms with van der Waals surface area (Å²) >= 11 is 0. The van der Waals surface area contributed by atoms with Crippen LogP contribution in [0.2, 0.25) is 0 Å². The molecule has 0 spiro atoms. The zero-order valence-corrected chi connectivity index (χ0v) is 16.6. The first kappa shape index (κ1) is 18.7. The molecule has 0 unspecified atom stereocenters. The second-order valence-corrected chi connectivity index (χ2v) is 6.77. The van der Waals surface area contributed by atoms with Crippen LogP contribution in [0.5, 0.6) is 0 Å². The predicted molar refractivity (Wildman–Crippen MR) is 110 cm³/mol. The average molecular weight is 362 g/mol. The molecule has 0 aliphatic heterocycles. The lowest BCUT2D eigenvalue weighted by molar-refractivity contribution is 0.0955. The Bertz CT molecular complexity index is 988. The van der Waals surface area contributed by atoms with E-state index < -0.39 is 0 Å². The molecule has 27 heavy (non-hydrogen) atoms. The van der Waals surface area contributed by atoms with Crippen LogP contribution in [0.1, 0.15) is 45.6 Å². The lowest BCUT2D eigenvalue weighted by atomic mass is 10.2. The Hall–Kier alpha value is -3.08. The molecule has 140 valence electrons. The second-order valence-electron chi connectivity index (χ2n) is 6.77. The van der Waals surface area contributed by atoms with Crippen LogP contribution in [0.25, 0.3) is 5.69 Å². The fourth-order valence-electron chi connectivity index (χ4n) is 3.53. The Morgan fingerprint density at radius 2 is 1.74 bits per heavy atom. The maximum atomic E-state index is 12.5. The van der Waals surface area contributed by atoms with Crippen LogP contribution in [0.4, 0.5) is 0 Å². The number of aromatic nitrogens is 2. The van der Waals surface area contributed by atoms with Crippen LogP contribution in [0, 0.1) is 27.7 Å². The van der Waals surface area contributed by atoms with Gasteiger partial charge in [-0.25, -0.2) is 5.43 Å². The van der Waals surface area contributed by atoms with Crippen molar-refractivity contribution in [3.63, 3.8) is 0 Å². The third kappa shape index (κ3) is 3.72. The highest BCUT2D eigenvalue weighted by Gasteiger charge is 2.09. The van der Waals surface area contributed by atoms with Crippen molar-refractivity contribution >= 4 is 12.1 Å². The van der Waals surface area contributed by atoms with Crippen molar-refractivity contribution in [3.8, 4) is 5.69 Å². The van der Waals surface area contributed by atoms with Gasteiger partial charge in [0.05, 0.1) is 6.21 Å². The summed E-state index contributed by atoms with van der Waals surface area (Å²) in [5.41, 5.74) is 9.80. The fourth-order valence-corrected chi connectivity index (χ4v) is 3.53. The van der Waals surface area contributed by atoms with Crippen LogP contribution >= 0.6 is 0 Å². The Kier molecular flexibility index (Phi) is 5.31. The molecule has 1 N–H and O–H groups in total. The highest BCUT2D eigenvalue weighted by molar-refractivity contribution is 5.95. The molecule has 3 rings (SSSR count). The van der Waals surface area contributed by atoms with Crippen molar-refractivity contribution in [2.24, 2.45) is 5.10 Å². The monoisotopic (exact) mass is 362 g/mol. The van der Waals surface area contributed by atoms with Crippen LogP contribution in [0.15, 0.2) is 47.6 Å². The Morgan fingerprint density at radius 3 is 2.37 bits per heavy atom. The van der Waals surface area contributed by atoms with Crippen LogP contribution < -0.4 is 5.43 Å². The minimum Gasteiger partial charge on any atom is -0.349 e. The summed E-state index contributed by atoms with van der Waals surface area (Å²) in [4.78, 5) is 12.5. The van der Waals surface area contributed by atoms with E-state index in [2.05, 4.69) is 72.5 Å². The molecule has 0 bridgehead atoms. The topological polar surface area (TPSA) is 51.3 Å². The number of benzene rings is 1. The molecule has 1 aromatic carbocycles. The van der Waals surface area contributed by atoms with Gasteiger partial charge in [-0.2, -0.15) is 5.10 Å².